The van der Waals surface area contributed by atoms with Crippen molar-refractivity contribution in [3.8, 4) is 0 Å². The molecule has 1 aliphatic rings. The summed E-state index contributed by atoms with van der Waals surface area (Å²) >= 11 is 2.32. The van der Waals surface area contributed by atoms with Crippen molar-refractivity contribution < 1.29 is 4.74 Å². The van der Waals surface area contributed by atoms with E-state index in [2.05, 4.69) is 136 Å². The third-order valence-electron chi connectivity index (χ3n) is 6.10. The van der Waals surface area contributed by atoms with E-state index in [1.54, 1.807) is 0 Å². The van der Waals surface area contributed by atoms with Crippen LogP contribution in [0.15, 0.2) is 113 Å². The first-order chi connectivity index (χ1) is 15.3. The van der Waals surface area contributed by atoms with Crippen LogP contribution in [0.4, 0.5) is 0 Å². The zero-order valence-corrected chi connectivity index (χ0v) is 19.9. The van der Waals surface area contributed by atoms with E-state index in [1.807, 2.05) is 0 Å². The monoisotopic (exact) mass is 520 g/mol. The van der Waals surface area contributed by atoms with Crippen LogP contribution >= 0.6 is 22.6 Å². The smallest absolute Gasteiger partial charge is 0.144 e. The highest BCUT2D eigenvalue weighted by molar-refractivity contribution is 14.1. The number of ether oxygens (including phenoxy) is 1. The van der Waals surface area contributed by atoms with Crippen LogP contribution in [0.5, 0.6) is 0 Å². The molecule has 158 valence electrons. The van der Waals surface area contributed by atoms with Crippen molar-refractivity contribution in [3.05, 3.63) is 130 Å². The molecule has 1 nitrogen and oxygen atoms in total. The summed E-state index contributed by atoms with van der Waals surface area (Å²) in [5.74, 6) is 0.655. The molecule has 31 heavy (non-hydrogen) atoms. The van der Waals surface area contributed by atoms with Gasteiger partial charge in [-0.15, -0.1) is 0 Å². The number of rotatable bonds is 8. The van der Waals surface area contributed by atoms with Gasteiger partial charge in [-0.1, -0.05) is 126 Å². The Morgan fingerprint density at radius 2 is 1.32 bits per heavy atom. The molecule has 0 N–H and O–H groups in total. The summed E-state index contributed by atoms with van der Waals surface area (Å²) in [4.78, 5) is 0. The van der Waals surface area contributed by atoms with Crippen LogP contribution in [0, 0.1) is 5.92 Å². The number of halogens is 1. The first-order valence-electron chi connectivity index (χ1n) is 11.1. The van der Waals surface area contributed by atoms with Gasteiger partial charge in [0.2, 0.25) is 0 Å². The predicted molar refractivity (Wildman–Crippen MR) is 138 cm³/mol. The predicted octanol–water partition coefficient (Wildman–Crippen LogP) is 8.06. The highest BCUT2D eigenvalue weighted by Gasteiger charge is 2.39. The van der Waals surface area contributed by atoms with Crippen LogP contribution in [0.2, 0.25) is 0 Å². The average Bonchev–Trinajstić information content (AvgIpc) is 2.85. The zero-order valence-electron chi connectivity index (χ0n) is 17.7. The van der Waals surface area contributed by atoms with Crippen molar-refractivity contribution >= 4 is 22.6 Å². The molecule has 0 bridgehead atoms. The topological polar surface area (TPSA) is 9.23 Å². The number of benzene rings is 3. The van der Waals surface area contributed by atoms with Gasteiger partial charge in [0.1, 0.15) is 5.60 Å². The highest BCUT2D eigenvalue weighted by atomic mass is 127. The summed E-state index contributed by atoms with van der Waals surface area (Å²) < 4.78 is 9.33. The van der Waals surface area contributed by atoms with Gasteiger partial charge in [-0.05, 0) is 58.5 Å². The van der Waals surface area contributed by atoms with E-state index in [1.165, 1.54) is 12.8 Å². The fourth-order valence-electron chi connectivity index (χ4n) is 4.60. The normalized spacial score (nSPS) is 17.6. The quantitative estimate of drug-likeness (QED) is 0.166. The molecule has 1 aliphatic carbocycles. The van der Waals surface area contributed by atoms with Gasteiger partial charge in [0.25, 0.3) is 0 Å². The molecule has 0 aromatic heterocycles. The minimum Gasteiger partial charge on any atom is -0.354 e. The first kappa shape index (κ1) is 22.0. The molecule has 0 aliphatic heterocycles. The molecule has 2 heteroatoms. The molecule has 2 unspecified atom stereocenters. The molecule has 0 radical (unpaired) electrons. The summed E-state index contributed by atoms with van der Waals surface area (Å²) in [7, 11) is 0. The Labute approximate surface area is 200 Å². The Morgan fingerprint density at radius 3 is 1.74 bits per heavy atom. The maximum atomic E-state index is 7.22. The van der Waals surface area contributed by atoms with E-state index < -0.39 is 5.60 Å². The van der Waals surface area contributed by atoms with Crippen molar-refractivity contribution in [3.63, 3.8) is 0 Å². The first-order valence-corrected chi connectivity index (χ1v) is 12.3. The summed E-state index contributed by atoms with van der Waals surface area (Å²) in [6.07, 6.45) is 11.5. The van der Waals surface area contributed by atoms with E-state index in [9.17, 15) is 0 Å². The molecule has 4 rings (SSSR count). The Morgan fingerprint density at radius 1 is 0.806 bits per heavy atom. The van der Waals surface area contributed by atoms with E-state index in [4.69, 9.17) is 4.74 Å². The fourth-order valence-corrected chi connectivity index (χ4v) is 5.06. The van der Waals surface area contributed by atoms with Crippen LogP contribution in [-0.2, 0) is 10.3 Å². The van der Waals surface area contributed by atoms with Crippen LogP contribution < -0.4 is 0 Å². The number of allylic oxidation sites excluding steroid dienone is 2. The van der Waals surface area contributed by atoms with Gasteiger partial charge in [0.15, 0.2) is 0 Å². The molecule has 0 spiro atoms. The second-order valence-electron chi connectivity index (χ2n) is 8.14. The molecule has 0 saturated carbocycles. The van der Waals surface area contributed by atoms with Gasteiger partial charge in [0.05, 0.1) is 6.10 Å². The summed E-state index contributed by atoms with van der Waals surface area (Å²) in [5.41, 5.74) is 2.79. The van der Waals surface area contributed by atoms with Crippen molar-refractivity contribution in [1.82, 2.24) is 0 Å². The standard InChI is InChI=1S/C29H29IO/c30-22-21-28(23-24-13-5-1-6-14-24)31-29(25-15-7-2-8-16-25,26-17-9-3-10-18-26)27-19-11-4-12-20-27/h1-5,7-12,15-22,24,28H,6,13-14,23H2. The second kappa shape index (κ2) is 10.9. The largest absolute Gasteiger partial charge is 0.354 e. The minimum atomic E-state index is -0.672. The van der Waals surface area contributed by atoms with Crippen LogP contribution in [-0.4, -0.2) is 6.10 Å². The molecular weight excluding hydrogens is 491 g/mol. The average molecular weight is 520 g/mol. The number of hydrogen-bond donors (Lipinski definition) is 0. The Balaban J connectivity index is 1.83. The molecule has 2 atom stereocenters. The van der Waals surface area contributed by atoms with Gasteiger partial charge >= 0.3 is 0 Å². The maximum Gasteiger partial charge on any atom is 0.144 e. The Bertz CT molecular complexity index is 882. The van der Waals surface area contributed by atoms with Crippen molar-refractivity contribution in [2.45, 2.75) is 37.4 Å². The van der Waals surface area contributed by atoms with Crippen molar-refractivity contribution in [1.29, 1.82) is 0 Å². The zero-order chi connectivity index (χ0) is 21.4. The molecule has 0 amide bonds. The Hall–Kier alpha value is -2.17. The molecule has 0 heterocycles. The molecule has 0 saturated heterocycles. The van der Waals surface area contributed by atoms with E-state index in [-0.39, 0.29) is 6.10 Å². The van der Waals surface area contributed by atoms with Crippen LogP contribution in [0.1, 0.15) is 42.4 Å². The van der Waals surface area contributed by atoms with Crippen LogP contribution in [0.3, 0.4) is 0 Å². The third-order valence-corrected chi connectivity index (χ3v) is 6.52. The minimum absolute atomic E-state index is 0.0222. The van der Waals surface area contributed by atoms with Crippen molar-refractivity contribution in [2.24, 2.45) is 5.92 Å². The lowest BCUT2D eigenvalue weighted by Gasteiger charge is -2.39. The van der Waals surface area contributed by atoms with Gasteiger partial charge in [-0.25, -0.2) is 0 Å². The Kier molecular flexibility index (Phi) is 7.76. The molecule has 3 aromatic rings. The third kappa shape index (κ3) is 5.19. The van der Waals surface area contributed by atoms with Gasteiger partial charge in [-0.2, -0.15) is 0 Å². The van der Waals surface area contributed by atoms with Crippen LogP contribution in [0.25, 0.3) is 0 Å². The molecule has 3 aromatic carbocycles. The molecule has 0 fully saturated rings. The highest BCUT2D eigenvalue weighted by Crippen LogP contribution is 2.42. The second-order valence-corrected chi connectivity index (χ2v) is 8.86. The fraction of sp³-hybridized carbons (Fsp3) is 0.241. The van der Waals surface area contributed by atoms with E-state index >= 15 is 0 Å². The summed E-state index contributed by atoms with van der Waals surface area (Å²) in [5, 5.41) is 0. The lowest BCUT2D eigenvalue weighted by molar-refractivity contribution is -0.0344. The van der Waals surface area contributed by atoms with Crippen molar-refractivity contribution in [2.75, 3.05) is 0 Å². The van der Waals surface area contributed by atoms with E-state index in [0.29, 0.717) is 5.92 Å². The summed E-state index contributed by atoms with van der Waals surface area (Å²) in [6, 6.07) is 32.0. The molecular formula is C29H29IO. The lowest BCUT2D eigenvalue weighted by Crippen LogP contribution is -2.37. The lowest BCUT2D eigenvalue weighted by atomic mass is 9.79. The summed E-state index contributed by atoms with van der Waals surface area (Å²) in [6.45, 7) is 0. The maximum absolute atomic E-state index is 7.22. The van der Waals surface area contributed by atoms with Gasteiger partial charge < -0.3 is 4.74 Å². The number of hydrogen-bond acceptors (Lipinski definition) is 1. The van der Waals surface area contributed by atoms with E-state index in [0.717, 1.165) is 29.5 Å². The van der Waals surface area contributed by atoms with Gasteiger partial charge in [-0.3, -0.25) is 0 Å². The SMILES string of the molecule is IC=CC(CC1CC=CCC1)OC(c1ccccc1)(c1ccccc1)c1ccccc1. The van der Waals surface area contributed by atoms with Gasteiger partial charge in [0, 0.05) is 0 Å².